The summed E-state index contributed by atoms with van der Waals surface area (Å²) in [5.41, 5.74) is 0. The van der Waals surface area contributed by atoms with Crippen molar-refractivity contribution in [3.8, 4) is 0 Å². The number of halogens is 1. The zero-order valence-electron chi connectivity index (χ0n) is 9.07. The van der Waals surface area contributed by atoms with E-state index in [0.717, 1.165) is 6.54 Å². The Kier molecular flexibility index (Phi) is 3.94. The van der Waals surface area contributed by atoms with Gasteiger partial charge in [0.2, 0.25) is 0 Å². The number of aromatic nitrogens is 2. The Morgan fingerprint density at radius 2 is 2.13 bits per heavy atom. The summed E-state index contributed by atoms with van der Waals surface area (Å²) in [5.74, 6) is 0.600. The molecule has 0 spiro atoms. The van der Waals surface area contributed by atoms with Crippen LogP contribution in [-0.2, 0) is 22.1 Å². The fourth-order valence-electron chi connectivity index (χ4n) is 1.16. The summed E-state index contributed by atoms with van der Waals surface area (Å²) in [6.07, 6.45) is 1.80. The van der Waals surface area contributed by atoms with Gasteiger partial charge in [0.1, 0.15) is 16.2 Å². The van der Waals surface area contributed by atoms with Crippen molar-refractivity contribution < 1.29 is 8.42 Å². The minimum atomic E-state index is -3.07. The van der Waals surface area contributed by atoms with Crippen molar-refractivity contribution in [2.24, 2.45) is 0 Å². The predicted octanol–water partition coefficient (Wildman–Crippen LogP) is 1.99. The van der Waals surface area contributed by atoms with E-state index in [-0.39, 0.29) is 11.0 Å². The van der Waals surface area contributed by atoms with Crippen molar-refractivity contribution in [1.82, 2.24) is 9.55 Å². The van der Waals surface area contributed by atoms with Crippen LogP contribution in [0.4, 0.5) is 0 Å². The summed E-state index contributed by atoms with van der Waals surface area (Å²) >= 11 is 3.24. The van der Waals surface area contributed by atoms with Gasteiger partial charge in [-0.2, -0.15) is 0 Å². The molecule has 0 amide bonds. The van der Waals surface area contributed by atoms with E-state index < -0.39 is 9.84 Å². The first kappa shape index (κ1) is 12.7. The number of aryl methyl sites for hydroxylation is 1. The van der Waals surface area contributed by atoms with Crippen molar-refractivity contribution >= 4 is 25.8 Å². The lowest BCUT2D eigenvalue weighted by atomic mass is 10.6. The summed E-state index contributed by atoms with van der Waals surface area (Å²) in [4.78, 5) is 4.15. The molecule has 1 heterocycles. The Labute approximate surface area is 98.8 Å². The second-order valence-electron chi connectivity index (χ2n) is 3.62. The zero-order valence-corrected chi connectivity index (χ0v) is 11.5. The zero-order chi connectivity index (χ0) is 11.6. The second kappa shape index (κ2) is 4.65. The molecular formula is C9H15BrN2O2S. The third-order valence-electron chi connectivity index (χ3n) is 2.22. The topological polar surface area (TPSA) is 52.0 Å². The molecule has 6 heteroatoms. The maximum atomic E-state index is 11.7. The van der Waals surface area contributed by atoms with Gasteiger partial charge in [0.05, 0.1) is 5.25 Å². The number of imidazole rings is 1. The van der Waals surface area contributed by atoms with Gasteiger partial charge in [-0.25, -0.2) is 13.4 Å². The summed E-state index contributed by atoms with van der Waals surface area (Å²) < 4.78 is 25.9. The molecule has 0 aliphatic carbocycles. The van der Waals surface area contributed by atoms with Gasteiger partial charge in [-0.1, -0.05) is 0 Å². The molecule has 0 unspecified atom stereocenters. The van der Waals surface area contributed by atoms with Crippen LogP contribution in [0.15, 0.2) is 10.8 Å². The molecular weight excluding hydrogens is 280 g/mol. The molecule has 0 saturated carbocycles. The Morgan fingerprint density at radius 3 is 2.60 bits per heavy atom. The van der Waals surface area contributed by atoms with Gasteiger partial charge < -0.3 is 4.57 Å². The van der Waals surface area contributed by atoms with Crippen LogP contribution >= 0.6 is 15.9 Å². The van der Waals surface area contributed by atoms with Gasteiger partial charge >= 0.3 is 0 Å². The van der Waals surface area contributed by atoms with Gasteiger partial charge in [-0.05, 0) is 36.7 Å². The van der Waals surface area contributed by atoms with E-state index in [1.807, 2.05) is 11.5 Å². The molecule has 4 nitrogen and oxygen atoms in total. The van der Waals surface area contributed by atoms with Crippen molar-refractivity contribution in [2.45, 2.75) is 38.3 Å². The Bertz CT molecular complexity index is 437. The fourth-order valence-corrected chi connectivity index (χ4v) is 2.53. The molecule has 0 bridgehead atoms. The first-order valence-corrected chi connectivity index (χ1v) is 7.30. The maximum Gasteiger partial charge on any atom is 0.159 e. The van der Waals surface area contributed by atoms with Crippen LogP contribution in [0.1, 0.15) is 26.6 Å². The Balaban J connectivity index is 2.99. The van der Waals surface area contributed by atoms with Crippen LogP contribution in [-0.4, -0.2) is 23.2 Å². The normalized spacial score (nSPS) is 12.3. The molecule has 0 fully saturated rings. The summed E-state index contributed by atoms with van der Waals surface area (Å²) in [7, 11) is -3.07. The highest BCUT2D eigenvalue weighted by Crippen LogP contribution is 2.14. The highest BCUT2D eigenvalue weighted by Gasteiger charge is 2.20. The fraction of sp³-hybridized carbons (Fsp3) is 0.667. The highest BCUT2D eigenvalue weighted by atomic mass is 79.9. The average molecular weight is 295 g/mol. The first-order chi connectivity index (χ1) is 6.86. The molecule has 0 aliphatic rings. The Hall–Kier alpha value is -0.360. The van der Waals surface area contributed by atoms with Crippen LogP contribution in [0.2, 0.25) is 0 Å². The number of sulfone groups is 1. The first-order valence-electron chi connectivity index (χ1n) is 4.80. The van der Waals surface area contributed by atoms with Crippen LogP contribution in [0.25, 0.3) is 0 Å². The van der Waals surface area contributed by atoms with E-state index in [2.05, 4.69) is 20.9 Å². The minimum Gasteiger partial charge on any atom is -0.333 e. The molecule has 0 N–H and O–H groups in total. The summed E-state index contributed by atoms with van der Waals surface area (Å²) in [5, 5.41) is -0.363. The molecule has 86 valence electrons. The molecule has 0 aliphatic heterocycles. The van der Waals surface area contributed by atoms with Gasteiger partial charge in [0, 0.05) is 12.7 Å². The predicted molar refractivity (Wildman–Crippen MR) is 63.4 cm³/mol. The molecule has 0 atom stereocenters. The van der Waals surface area contributed by atoms with E-state index in [9.17, 15) is 8.42 Å². The molecule has 1 rings (SSSR count). The van der Waals surface area contributed by atoms with Crippen LogP contribution in [0, 0.1) is 0 Å². The van der Waals surface area contributed by atoms with Gasteiger partial charge in [-0.15, -0.1) is 0 Å². The van der Waals surface area contributed by atoms with E-state index >= 15 is 0 Å². The molecule has 15 heavy (non-hydrogen) atoms. The van der Waals surface area contributed by atoms with Crippen LogP contribution < -0.4 is 0 Å². The molecule has 0 saturated heterocycles. The smallest absolute Gasteiger partial charge is 0.159 e. The molecule has 1 aromatic heterocycles. The number of hydrogen-bond acceptors (Lipinski definition) is 3. The maximum absolute atomic E-state index is 11.7. The van der Waals surface area contributed by atoms with E-state index in [1.165, 1.54) is 0 Å². The number of hydrogen-bond donors (Lipinski definition) is 0. The quantitative estimate of drug-likeness (QED) is 0.853. The minimum absolute atomic E-state index is 0.00407. The third-order valence-corrected chi connectivity index (χ3v) is 4.70. The van der Waals surface area contributed by atoms with Gasteiger partial charge in [-0.3, -0.25) is 0 Å². The molecule has 0 aromatic carbocycles. The summed E-state index contributed by atoms with van der Waals surface area (Å²) in [6.45, 7) is 6.05. The lowest BCUT2D eigenvalue weighted by Gasteiger charge is -2.08. The van der Waals surface area contributed by atoms with E-state index in [4.69, 9.17) is 0 Å². The molecule has 0 radical (unpaired) electrons. The number of rotatable bonds is 4. The average Bonchev–Trinajstić information content (AvgIpc) is 2.44. The monoisotopic (exact) mass is 294 g/mol. The highest BCUT2D eigenvalue weighted by molar-refractivity contribution is 9.10. The second-order valence-corrected chi connectivity index (χ2v) is 6.99. The lowest BCUT2D eigenvalue weighted by molar-refractivity contribution is 0.582. The standard InChI is InChI=1S/C9H15BrN2O2S/c1-4-12-5-8(10)11-9(12)6-15(13,14)7(2)3/h5,7H,4,6H2,1-3H3. The van der Waals surface area contributed by atoms with Gasteiger partial charge in [0.25, 0.3) is 0 Å². The van der Waals surface area contributed by atoms with Crippen molar-refractivity contribution in [3.63, 3.8) is 0 Å². The van der Waals surface area contributed by atoms with Gasteiger partial charge in [0.15, 0.2) is 9.84 Å². The third kappa shape index (κ3) is 3.04. The molecule has 1 aromatic rings. The van der Waals surface area contributed by atoms with Crippen molar-refractivity contribution in [1.29, 1.82) is 0 Å². The van der Waals surface area contributed by atoms with Crippen molar-refractivity contribution in [3.05, 3.63) is 16.6 Å². The number of nitrogens with zero attached hydrogens (tertiary/aromatic N) is 2. The van der Waals surface area contributed by atoms with E-state index in [1.54, 1.807) is 20.0 Å². The van der Waals surface area contributed by atoms with E-state index in [0.29, 0.717) is 10.4 Å². The van der Waals surface area contributed by atoms with Crippen LogP contribution in [0.5, 0.6) is 0 Å². The van der Waals surface area contributed by atoms with Crippen molar-refractivity contribution in [2.75, 3.05) is 0 Å². The summed E-state index contributed by atoms with van der Waals surface area (Å²) in [6, 6.07) is 0. The Morgan fingerprint density at radius 1 is 1.53 bits per heavy atom. The van der Waals surface area contributed by atoms with Crippen LogP contribution in [0.3, 0.4) is 0 Å². The lowest BCUT2D eigenvalue weighted by Crippen LogP contribution is -2.18. The SMILES string of the molecule is CCn1cc(Br)nc1CS(=O)(=O)C(C)C. The largest absolute Gasteiger partial charge is 0.333 e.